The van der Waals surface area contributed by atoms with E-state index in [9.17, 15) is 0 Å². The van der Waals surface area contributed by atoms with Crippen LogP contribution in [0.1, 0.15) is 6.42 Å². The fraction of sp³-hybridized carbons (Fsp3) is 0.357. The molecule has 0 bridgehead atoms. The first-order valence-corrected chi connectivity index (χ1v) is 6.57. The van der Waals surface area contributed by atoms with Gasteiger partial charge in [-0.15, -0.1) is 0 Å². The Morgan fingerprint density at radius 3 is 3.17 bits per heavy atom. The van der Waals surface area contributed by atoms with E-state index in [0.29, 0.717) is 5.92 Å². The van der Waals surface area contributed by atoms with Crippen LogP contribution in [0.5, 0.6) is 0 Å². The summed E-state index contributed by atoms with van der Waals surface area (Å²) in [6, 6.07) is 7.81. The standard InChI is InChI=1S/C14H15ClN2O/c15-12-3-4-13(14-11(12)2-1-6-16-14)17-8-10-5-7-18-9-10/h1-4,6,10,17H,5,7-9H2. The lowest BCUT2D eigenvalue weighted by Gasteiger charge is -2.12. The third-order valence-electron chi connectivity index (χ3n) is 3.32. The van der Waals surface area contributed by atoms with Crippen LogP contribution >= 0.6 is 11.6 Å². The number of fused-ring (bicyclic) bond motifs is 1. The SMILES string of the molecule is Clc1ccc(NCC2CCOC2)c2ncccc12. The van der Waals surface area contributed by atoms with Crippen LogP contribution in [0.4, 0.5) is 5.69 Å². The number of hydrogen-bond acceptors (Lipinski definition) is 3. The van der Waals surface area contributed by atoms with Crippen LogP contribution in [0.25, 0.3) is 10.9 Å². The minimum absolute atomic E-state index is 0.597. The second-order valence-corrected chi connectivity index (χ2v) is 5.01. The number of ether oxygens (including phenoxy) is 1. The van der Waals surface area contributed by atoms with Crippen molar-refractivity contribution in [2.45, 2.75) is 6.42 Å². The molecule has 18 heavy (non-hydrogen) atoms. The van der Waals surface area contributed by atoms with Crippen molar-refractivity contribution in [3.05, 3.63) is 35.5 Å². The zero-order chi connectivity index (χ0) is 12.4. The molecule has 0 aliphatic carbocycles. The zero-order valence-electron chi connectivity index (χ0n) is 10.0. The topological polar surface area (TPSA) is 34.1 Å². The maximum absolute atomic E-state index is 6.17. The second kappa shape index (κ2) is 5.12. The third kappa shape index (κ3) is 2.28. The largest absolute Gasteiger partial charge is 0.383 e. The van der Waals surface area contributed by atoms with Crippen LogP contribution in [-0.2, 0) is 4.74 Å². The summed E-state index contributed by atoms with van der Waals surface area (Å²) in [7, 11) is 0. The predicted octanol–water partition coefficient (Wildman–Crippen LogP) is 3.34. The summed E-state index contributed by atoms with van der Waals surface area (Å²) < 4.78 is 5.38. The van der Waals surface area contributed by atoms with Gasteiger partial charge in [0, 0.05) is 30.7 Å². The lowest BCUT2D eigenvalue weighted by atomic mass is 10.1. The van der Waals surface area contributed by atoms with Gasteiger partial charge < -0.3 is 10.1 Å². The number of aromatic nitrogens is 1. The summed E-state index contributed by atoms with van der Waals surface area (Å²) in [5.74, 6) is 0.597. The van der Waals surface area contributed by atoms with E-state index in [0.717, 1.165) is 47.8 Å². The molecule has 1 atom stereocenters. The van der Waals surface area contributed by atoms with Crippen molar-refractivity contribution >= 4 is 28.2 Å². The predicted molar refractivity (Wildman–Crippen MR) is 74.2 cm³/mol. The summed E-state index contributed by atoms with van der Waals surface area (Å²) in [6.45, 7) is 2.66. The van der Waals surface area contributed by atoms with Gasteiger partial charge in [0.15, 0.2) is 0 Å². The molecular formula is C14H15ClN2O. The van der Waals surface area contributed by atoms with E-state index in [1.165, 1.54) is 0 Å². The fourth-order valence-corrected chi connectivity index (χ4v) is 2.49. The Morgan fingerprint density at radius 2 is 2.33 bits per heavy atom. The number of halogens is 1. The van der Waals surface area contributed by atoms with Crippen LogP contribution in [0.15, 0.2) is 30.5 Å². The zero-order valence-corrected chi connectivity index (χ0v) is 10.8. The monoisotopic (exact) mass is 262 g/mol. The molecule has 94 valence electrons. The van der Waals surface area contributed by atoms with E-state index in [4.69, 9.17) is 16.3 Å². The van der Waals surface area contributed by atoms with Crippen molar-refractivity contribution in [2.24, 2.45) is 5.92 Å². The number of benzene rings is 1. The molecule has 0 spiro atoms. The molecular weight excluding hydrogens is 248 g/mol. The van der Waals surface area contributed by atoms with Crippen molar-refractivity contribution in [3.63, 3.8) is 0 Å². The van der Waals surface area contributed by atoms with Crippen LogP contribution in [-0.4, -0.2) is 24.7 Å². The van der Waals surface area contributed by atoms with E-state index < -0.39 is 0 Å². The minimum Gasteiger partial charge on any atom is -0.383 e. The molecule has 3 nitrogen and oxygen atoms in total. The quantitative estimate of drug-likeness (QED) is 0.921. The molecule has 0 radical (unpaired) electrons. The Morgan fingerprint density at radius 1 is 1.39 bits per heavy atom. The number of nitrogens with zero attached hydrogens (tertiary/aromatic N) is 1. The molecule has 0 saturated carbocycles. The Bertz CT molecular complexity index is 552. The summed E-state index contributed by atoms with van der Waals surface area (Å²) >= 11 is 6.17. The molecule has 1 saturated heterocycles. The smallest absolute Gasteiger partial charge is 0.0948 e. The lowest BCUT2D eigenvalue weighted by molar-refractivity contribution is 0.187. The minimum atomic E-state index is 0.597. The number of hydrogen-bond donors (Lipinski definition) is 1. The fourth-order valence-electron chi connectivity index (χ4n) is 2.28. The number of rotatable bonds is 3. The first-order valence-electron chi connectivity index (χ1n) is 6.19. The molecule has 3 rings (SSSR count). The van der Waals surface area contributed by atoms with Gasteiger partial charge in [-0.05, 0) is 30.7 Å². The van der Waals surface area contributed by atoms with Gasteiger partial charge in [0.1, 0.15) is 0 Å². The molecule has 2 aromatic rings. The van der Waals surface area contributed by atoms with Crippen LogP contribution in [0.3, 0.4) is 0 Å². The molecule has 0 amide bonds. The highest BCUT2D eigenvalue weighted by Gasteiger charge is 2.15. The highest BCUT2D eigenvalue weighted by atomic mass is 35.5. The maximum Gasteiger partial charge on any atom is 0.0948 e. The van der Waals surface area contributed by atoms with Gasteiger partial charge in [0.25, 0.3) is 0 Å². The van der Waals surface area contributed by atoms with E-state index >= 15 is 0 Å². The third-order valence-corrected chi connectivity index (χ3v) is 3.65. The molecule has 1 aromatic heterocycles. The van der Waals surface area contributed by atoms with Crippen molar-refractivity contribution in [1.82, 2.24) is 4.98 Å². The Hall–Kier alpha value is -1.32. The average molecular weight is 263 g/mol. The van der Waals surface area contributed by atoms with E-state index in [2.05, 4.69) is 10.3 Å². The number of anilines is 1. The van der Waals surface area contributed by atoms with Gasteiger partial charge in [-0.25, -0.2) is 0 Å². The average Bonchev–Trinajstić information content (AvgIpc) is 2.92. The van der Waals surface area contributed by atoms with Crippen molar-refractivity contribution in [1.29, 1.82) is 0 Å². The molecule has 1 N–H and O–H groups in total. The first-order chi connectivity index (χ1) is 8.84. The van der Waals surface area contributed by atoms with Gasteiger partial charge in [-0.1, -0.05) is 11.6 Å². The molecule has 1 aliphatic heterocycles. The first kappa shape index (κ1) is 11.8. The van der Waals surface area contributed by atoms with Crippen LogP contribution < -0.4 is 5.32 Å². The summed E-state index contributed by atoms with van der Waals surface area (Å²) in [5, 5.41) is 5.19. The molecule has 1 unspecified atom stereocenters. The van der Waals surface area contributed by atoms with E-state index in [1.807, 2.05) is 24.3 Å². The van der Waals surface area contributed by atoms with E-state index in [1.54, 1.807) is 6.20 Å². The Balaban J connectivity index is 1.85. The van der Waals surface area contributed by atoms with Gasteiger partial charge >= 0.3 is 0 Å². The van der Waals surface area contributed by atoms with Gasteiger partial charge in [0.05, 0.1) is 22.8 Å². The van der Waals surface area contributed by atoms with Crippen LogP contribution in [0.2, 0.25) is 5.02 Å². The van der Waals surface area contributed by atoms with Gasteiger partial charge in [-0.2, -0.15) is 0 Å². The molecule has 1 aromatic carbocycles. The maximum atomic E-state index is 6.17. The van der Waals surface area contributed by atoms with E-state index in [-0.39, 0.29) is 0 Å². The Kier molecular flexibility index (Phi) is 3.35. The van der Waals surface area contributed by atoms with Gasteiger partial charge in [0.2, 0.25) is 0 Å². The normalized spacial score (nSPS) is 19.3. The number of nitrogens with one attached hydrogen (secondary N) is 1. The Labute approximate surface area is 111 Å². The molecule has 1 fully saturated rings. The number of pyridine rings is 1. The lowest BCUT2D eigenvalue weighted by Crippen LogP contribution is -2.14. The van der Waals surface area contributed by atoms with Crippen molar-refractivity contribution in [2.75, 3.05) is 25.1 Å². The molecule has 1 aliphatic rings. The van der Waals surface area contributed by atoms with Crippen molar-refractivity contribution < 1.29 is 4.74 Å². The summed E-state index contributed by atoms with van der Waals surface area (Å²) in [4.78, 5) is 4.41. The summed E-state index contributed by atoms with van der Waals surface area (Å²) in [5.41, 5.74) is 1.98. The summed E-state index contributed by atoms with van der Waals surface area (Å²) in [6.07, 6.45) is 2.93. The van der Waals surface area contributed by atoms with Gasteiger partial charge in [-0.3, -0.25) is 4.98 Å². The van der Waals surface area contributed by atoms with Crippen molar-refractivity contribution in [3.8, 4) is 0 Å². The van der Waals surface area contributed by atoms with Crippen LogP contribution in [0, 0.1) is 5.92 Å². The molecule has 2 heterocycles. The highest BCUT2D eigenvalue weighted by molar-refractivity contribution is 6.35. The highest BCUT2D eigenvalue weighted by Crippen LogP contribution is 2.28. The second-order valence-electron chi connectivity index (χ2n) is 4.61. The molecule has 4 heteroatoms.